The monoisotopic (exact) mass is 371 g/mol. The number of pyridine rings is 1. The first-order chi connectivity index (χ1) is 6.09. The van der Waals surface area contributed by atoms with Crippen molar-refractivity contribution in [2.45, 2.75) is 0 Å². The van der Waals surface area contributed by atoms with E-state index in [9.17, 15) is 0 Å². The van der Waals surface area contributed by atoms with Gasteiger partial charge in [-0.25, -0.2) is 4.98 Å². The number of rotatable bonds is 0. The molecule has 0 aliphatic heterocycles. The summed E-state index contributed by atoms with van der Waals surface area (Å²) in [5.41, 5.74) is 1.82. The number of aromatic nitrogens is 3. The minimum absolute atomic E-state index is 0.604. The third kappa shape index (κ3) is 1.57. The second-order valence-electron chi connectivity index (χ2n) is 2.54. The van der Waals surface area contributed by atoms with E-state index in [2.05, 4.69) is 48.6 Å². The normalized spacial score (nSPS) is 11.1. The van der Waals surface area contributed by atoms with Gasteiger partial charge in [0.25, 0.3) is 0 Å². The van der Waals surface area contributed by atoms with Gasteiger partial charge in [0.15, 0.2) is 0 Å². The van der Waals surface area contributed by atoms with Crippen molar-refractivity contribution in [1.29, 1.82) is 0 Å². The lowest BCUT2D eigenvalue weighted by atomic mass is 10.4. The summed E-state index contributed by atoms with van der Waals surface area (Å²) in [7, 11) is 1.87. The number of hydrogen-bond acceptors (Lipinski definition) is 2. The predicted octanol–water partition coefficient (Wildman–Crippen LogP) is 2.99. The third-order valence-electron chi connectivity index (χ3n) is 1.69. The fourth-order valence-corrected chi connectivity index (χ4v) is 2.25. The zero-order chi connectivity index (χ0) is 9.59. The van der Waals surface area contributed by atoms with Crippen LogP contribution in [-0.4, -0.2) is 14.8 Å². The van der Waals surface area contributed by atoms with Crippen LogP contribution in [-0.2, 0) is 7.05 Å². The van der Waals surface area contributed by atoms with Gasteiger partial charge in [0.05, 0.1) is 10.5 Å². The molecule has 2 rings (SSSR count). The van der Waals surface area contributed by atoms with Gasteiger partial charge < -0.3 is 0 Å². The number of nitrogens with zero attached hydrogens (tertiary/aromatic N) is 3. The van der Waals surface area contributed by atoms with Crippen LogP contribution >= 0.6 is 50.1 Å². The van der Waals surface area contributed by atoms with Gasteiger partial charge in [-0.15, -0.1) is 0 Å². The van der Waals surface area contributed by atoms with E-state index in [0.717, 1.165) is 14.7 Å². The molecule has 0 amide bonds. The number of halogens is 3. The van der Waals surface area contributed by atoms with E-state index in [0.29, 0.717) is 9.63 Å². The highest BCUT2D eigenvalue weighted by atomic mass is 127. The molecule has 2 heterocycles. The standard InChI is InChI=1S/C7H4BrClIN3/c1-13-4-2-3(9)6(8)11-5(4)7(10)12-13/h2H,1H3. The molecule has 0 N–H and O–H groups in total. The average Bonchev–Trinajstić information content (AvgIpc) is 2.31. The molecule has 6 heteroatoms. The smallest absolute Gasteiger partial charge is 0.149 e. The van der Waals surface area contributed by atoms with E-state index in [-0.39, 0.29) is 0 Å². The molecule has 0 atom stereocenters. The minimum Gasteiger partial charge on any atom is -0.265 e. The van der Waals surface area contributed by atoms with Crippen LogP contribution < -0.4 is 0 Å². The Morgan fingerprint density at radius 1 is 1.62 bits per heavy atom. The second kappa shape index (κ2) is 3.36. The number of aryl methyl sites for hydroxylation is 1. The Morgan fingerprint density at radius 3 is 3.00 bits per heavy atom. The van der Waals surface area contributed by atoms with Gasteiger partial charge in [0.1, 0.15) is 13.8 Å². The van der Waals surface area contributed by atoms with Gasteiger partial charge in [-0.05, 0) is 44.6 Å². The van der Waals surface area contributed by atoms with Crippen molar-refractivity contribution in [1.82, 2.24) is 14.8 Å². The second-order valence-corrected chi connectivity index (χ2v) is 4.72. The van der Waals surface area contributed by atoms with Crippen LogP contribution in [0.4, 0.5) is 0 Å². The highest BCUT2D eigenvalue weighted by Gasteiger charge is 2.10. The van der Waals surface area contributed by atoms with E-state index in [4.69, 9.17) is 11.6 Å². The van der Waals surface area contributed by atoms with Crippen LogP contribution in [0.1, 0.15) is 0 Å². The minimum atomic E-state index is 0.604. The zero-order valence-electron chi connectivity index (χ0n) is 6.55. The Bertz CT molecular complexity index is 440. The quantitative estimate of drug-likeness (QED) is 0.526. The first kappa shape index (κ1) is 9.67. The summed E-state index contributed by atoms with van der Waals surface area (Å²) in [5, 5.41) is 4.84. The summed E-state index contributed by atoms with van der Waals surface area (Å²) in [4.78, 5) is 4.29. The van der Waals surface area contributed by atoms with Crippen LogP contribution in [0.3, 0.4) is 0 Å². The van der Waals surface area contributed by atoms with Gasteiger partial charge >= 0.3 is 0 Å². The molecule has 0 saturated heterocycles. The Balaban J connectivity index is 2.91. The first-order valence-electron chi connectivity index (χ1n) is 3.44. The maximum atomic E-state index is 5.92. The topological polar surface area (TPSA) is 30.7 Å². The lowest BCUT2D eigenvalue weighted by Gasteiger charge is -1.96. The zero-order valence-corrected chi connectivity index (χ0v) is 11.1. The molecule has 2 aromatic heterocycles. The van der Waals surface area contributed by atoms with Crippen molar-refractivity contribution < 1.29 is 0 Å². The number of fused-ring (bicyclic) bond motifs is 1. The Morgan fingerprint density at radius 2 is 2.31 bits per heavy atom. The maximum absolute atomic E-state index is 5.92. The van der Waals surface area contributed by atoms with Crippen molar-refractivity contribution >= 4 is 61.2 Å². The Hall–Kier alpha value is 0.120. The van der Waals surface area contributed by atoms with Crippen LogP contribution in [0.25, 0.3) is 11.0 Å². The van der Waals surface area contributed by atoms with Crippen molar-refractivity contribution in [2.75, 3.05) is 0 Å². The SMILES string of the molecule is Cn1nc(I)c2nc(Br)c(Cl)cc21. The van der Waals surface area contributed by atoms with E-state index in [1.54, 1.807) is 4.68 Å². The van der Waals surface area contributed by atoms with Gasteiger partial charge in [-0.1, -0.05) is 11.6 Å². The molecule has 0 unspecified atom stereocenters. The summed E-state index contributed by atoms with van der Waals surface area (Å²) in [6.45, 7) is 0. The van der Waals surface area contributed by atoms with E-state index < -0.39 is 0 Å². The van der Waals surface area contributed by atoms with Crippen LogP contribution in [0, 0.1) is 3.70 Å². The lowest BCUT2D eigenvalue weighted by molar-refractivity contribution is 0.787. The molecule has 0 fully saturated rings. The van der Waals surface area contributed by atoms with Crippen LogP contribution in [0.15, 0.2) is 10.7 Å². The Labute approximate surface area is 102 Å². The molecular formula is C7H4BrClIN3. The molecule has 0 radical (unpaired) electrons. The van der Waals surface area contributed by atoms with Crippen molar-refractivity contribution in [3.8, 4) is 0 Å². The average molecular weight is 372 g/mol. The third-order valence-corrected chi connectivity index (χ3v) is 3.54. The molecule has 0 saturated carbocycles. The fraction of sp³-hybridized carbons (Fsp3) is 0.143. The summed E-state index contributed by atoms with van der Waals surface area (Å²) in [6, 6.07) is 1.85. The fourth-order valence-electron chi connectivity index (χ4n) is 1.09. The highest BCUT2D eigenvalue weighted by Crippen LogP contribution is 2.26. The van der Waals surface area contributed by atoms with Crippen molar-refractivity contribution in [3.05, 3.63) is 19.4 Å². The molecule has 3 nitrogen and oxygen atoms in total. The summed E-state index contributed by atoms with van der Waals surface area (Å²) in [6.07, 6.45) is 0. The molecule has 0 aromatic carbocycles. The predicted molar refractivity (Wildman–Crippen MR) is 63.9 cm³/mol. The van der Waals surface area contributed by atoms with Gasteiger partial charge in [0, 0.05) is 7.05 Å². The van der Waals surface area contributed by atoms with E-state index in [1.165, 1.54) is 0 Å². The number of hydrogen-bond donors (Lipinski definition) is 0. The van der Waals surface area contributed by atoms with Crippen LogP contribution in [0.2, 0.25) is 5.02 Å². The summed E-state index contributed by atoms with van der Waals surface area (Å²) in [5.74, 6) is 0. The van der Waals surface area contributed by atoms with Crippen molar-refractivity contribution in [2.24, 2.45) is 7.05 Å². The van der Waals surface area contributed by atoms with E-state index in [1.807, 2.05) is 13.1 Å². The van der Waals surface area contributed by atoms with Crippen molar-refractivity contribution in [3.63, 3.8) is 0 Å². The maximum Gasteiger partial charge on any atom is 0.149 e. The summed E-state index contributed by atoms with van der Waals surface area (Å²) < 4.78 is 3.31. The Kier molecular flexibility index (Phi) is 2.50. The highest BCUT2D eigenvalue weighted by molar-refractivity contribution is 14.1. The first-order valence-corrected chi connectivity index (χ1v) is 5.69. The largest absolute Gasteiger partial charge is 0.265 e. The lowest BCUT2D eigenvalue weighted by Crippen LogP contribution is -1.89. The van der Waals surface area contributed by atoms with E-state index >= 15 is 0 Å². The van der Waals surface area contributed by atoms with Gasteiger partial charge in [0.2, 0.25) is 0 Å². The molecule has 0 aliphatic carbocycles. The molecule has 0 aliphatic rings. The van der Waals surface area contributed by atoms with Gasteiger partial charge in [-0.3, -0.25) is 4.68 Å². The molecule has 2 aromatic rings. The van der Waals surface area contributed by atoms with Gasteiger partial charge in [-0.2, -0.15) is 5.10 Å². The molecule has 68 valence electrons. The summed E-state index contributed by atoms with van der Waals surface area (Å²) >= 11 is 11.3. The molecule has 0 spiro atoms. The molecular weight excluding hydrogens is 368 g/mol. The molecule has 0 bridgehead atoms. The molecule has 13 heavy (non-hydrogen) atoms. The van der Waals surface area contributed by atoms with Crippen LogP contribution in [0.5, 0.6) is 0 Å².